The molecule has 0 saturated carbocycles. The molecule has 0 aliphatic carbocycles. The third-order valence-electron chi connectivity index (χ3n) is 4.37. The Morgan fingerprint density at radius 3 is 2.89 bits per heavy atom. The Kier molecular flexibility index (Phi) is 4.52. The standard InChI is InChI=1S/C18H15N3O7/c22-17-15(6-7-20(17)11-2-1-3-12(10-11)21(24)25)28-18(23)13-4-5-14-16(19-13)27-9-8-26-14/h1-5,10,15H,6-9H2. The molecule has 28 heavy (non-hydrogen) atoms. The fraction of sp³-hybridized carbons (Fsp3) is 0.278. The van der Waals surface area contributed by atoms with Crippen LogP contribution in [0.1, 0.15) is 16.9 Å². The second kappa shape index (κ2) is 7.14. The van der Waals surface area contributed by atoms with E-state index in [1.54, 1.807) is 12.1 Å². The van der Waals surface area contributed by atoms with E-state index in [0.717, 1.165) is 0 Å². The Bertz CT molecular complexity index is 962. The molecule has 144 valence electrons. The lowest BCUT2D eigenvalue weighted by atomic mass is 10.2. The number of carbonyl (C=O) groups is 2. The van der Waals surface area contributed by atoms with Crippen LogP contribution in [0.4, 0.5) is 11.4 Å². The summed E-state index contributed by atoms with van der Waals surface area (Å²) in [6.45, 7) is 1.02. The Balaban J connectivity index is 1.46. The number of nitro benzene ring substituents is 1. The van der Waals surface area contributed by atoms with E-state index in [0.29, 0.717) is 24.7 Å². The quantitative estimate of drug-likeness (QED) is 0.443. The monoisotopic (exact) mass is 385 g/mol. The molecule has 1 unspecified atom stereocenters. The number of nitro groups is 1. The highest BCUT2D eigenvalue weighted by atomic mass is 16.6. The van der Waals surface area contributed by atoms with Gasteiger partial charge in [0.15, 0.2) is 17.5 Å². The molecule has 2 aromatic rings. The number of nitrogens with zero attached hydrogens (tertiary/aromatic N) is 3. The zero-order chi connectivity index (χ0) is 19.7. The van der Waals surface area contributed by atoms with Crippen LogP contribution in [0.15, 0.2) is 36.4 Å². The zero-order valence-electron chi connectivity index (χ0n) is 14.6. The third kappa shape index (κ3) is 3.31. The minimum Gasteiger partial charge on any atom is -0.484 e. The number of amides is 1. The lowest BCUT2D eigenvalue weighted by Crippen LogP contribution is -2.32. The number of anilines is 1. The van der Waals surface area contributed by atoms with Crippen molar-refractivity contribution in [3.05, 3.63) is 52.2 Å². The van der Waals surface area contributed by atoms with Crippen LogP contribution in [0, 0.1) is 10.1 Å². The van der Waals surface area contributed by atoms with Crippen LogP contribution in [0.2, 0.25) is 0 Å². The van der Waals surface area contributed by atoms with Crippen LogP contribution >= 0.6 is 0 Å². The Morgan fingerprint density at radius 1 is 1.25 bits per heavy atom. The molecule has 0 radical (unpaired) electrons. The Labute approximate surface area is 158 Å². The number of rotatable bonds is 4. The van der Waals surface area contributed by atoms with Gasteiger partial charge in [0.1, 0.15) is 13.2 Å². The first-order valence-electron chi connectivity index (χ1n) is 8.56. The second-order valence-electron chi connectivity index (χ2n) is 6.15. The first-order valence-corrected chi connectivity index (χ1v) is 8.56. The van der Waals surface area contributed by atoms with E-state index >= 15 is 0 Å². The van der Waals surface area contributed by atoms with Gasteiger partial charge >= 0.3 is 5.97 Å². The van der Waals surface area contributed by atoms with Gasteiger partial charge in [-0.2, -0.15) is 0 Å². The highest BCUT2D eigenvalue weighted by Gasteiger charge is 2.36. The molecule has 1 fully saturated rings. The number of aromatic nitrogens is 1. The number of hydrogen-bond acceptors (Lipinski definition) is 8. The van der Waals surface area contributed by atoms with Crippen molar-refractivity contribution in [1.29, 1.82) is 0 Å². The maximum absolute atomic E-state index is 12.6. The second-order valence-corrected chi connectivity index (χ2v) is 6.15. The number of fused-ring (bicyclic) bond motifs is 1. The summed E-state index contributed by atoms with van der Waals surface area (Å²) in [6.07, 6.45) is -0.709. The van der Waals surface area contributed by atoms with Gasteiger partial charge in [0, 0.05) is 25.1 Å². The fourth-order valence-electron chi connectivity index (χ4n) is 3.03. The average molecular weight is 385 g/mol. The molecule has 3 heterocycles. The van der Waals surface area contributed by atoms with Crippen LogP contribution in [0.5, 0.6) is 11.6 Å². The molecule has 10 nitrogen and oxygen atoms in total. The first kappa shape index (κ1) is 17.7. The average Bonchev–Trinajstić information content (AvgIpc) is 3.08. The van der Waals surface area contributed by atoms with Crippen LogP contribution in [-0.4, -0.2) is 47.6 Å². The van der Waals surface area contributed by atoms with Crippen molar-refractivity contribution in [3.8, 4) is 11.6 Å². The van der Waals surface area contributed by atoms with Gasteiger partial charge in [0.25, 0.3) is 17.5 Å². The zero-order valence-corrected chi connectivity index (χ0v) is 14.6. The molecule has 10 heteroatoms. The molecule has 2 aliphatic heterocycles. The summed E-state index contributed by atoms with van der Waals surface area (Å²) in [4.78, 5) is 40.8. The van der Waals surface area contributed by atoms with Crippen molar-refractivity contribution >= 4 is 23.3 Å². The number of ether oxygens (including phenoxy) is 3. The Morgan fingerprint density at radius 2 is 2.07 bits per heavy atom. The molecule has 4 rings (SSSR count). The van der Waals surface area contributed by atoms with Crippen molar-refractivity contribution in [2.45, 2.75) is 12.5 Å². The van der Waals surface area contributed by atoms with Gasteiger partial charge in [0.2, 0.25) is 0 Å². The minimum absolute atomic E-state index is 0.00542. The molecule has 0 N–H and O–H groups in total. The van der Waals surface area contributed by atoms with Crippen LogP contribution in [0.3, 0.4) is 0 Å². The number of carbonyl (C=O) groups excluding carboxylic acids is 2. The Hall–Kier alpha value is -3.69. The molecule has 1 saturated heterocycles. The normalized spacial score (nSPS) is 18.1. The van der Waals surface area contributed by atoms with Gasteiger partial charge in [-0.15, -0.1) is 0 Å². The van der Waals surface area contributed by atoms with Crippen molar-refractivity contribution in [2.75, 3.05) is 24.7 Å². The van der Waals surface area contributed by atoms with Crippen LogP contribution in [0.25, 0.3) is 0 Å². The highest BCUT2D eigenvalue weighted by molar-refractivity contribution is 6.01. The van der Waals surface area contributed by atoms with E-state index in [4.69, 9.17) is 14.2 Å². The molecule has 1 amide bonds. The summed E-state index contributed by atoms with van der Waals surface area (Å²) in [5, 5.41) is 10.9. The van der Waals surface area contributed by atoms with E-state index < -0.39 is 22.9 Å². The molecule has 1 aromatic carbocycles. The van der Waals surface area contributed by atoms with E-state index in [1.165, 1.54) is 29.2 Å². The smallest absolute Gasteiger partial charge is 0.357 e. The van der Waals surface area contributed by atoms with Gasteiger partial charge in [-0.25, -0.2) is 9.78 Å². The first-order chi connectivity index (χ1) is 13.5. The predicted octanol–water partition coefficient (Wildman–Crippen LogP) is 1.72. The fourth-order valence-corrected chi connectivity index (χ4v) is 3.03. The molecular weight excluding hydrogens is 370 g/mol. The molecule has 0 bridgehead atoms. The summed E-state index contributed by atoms with van der Waals surface area (Å²) < 4.78 is 16.0. The van der Waals surface area contributed by atoms with Crippen molar-refractivity contribution in [2.24, 2.45) is 0 Å². The van der Waals surface area contributed by atoms with E-state index in [1.807, 2.05) is 0 Å². The van der Waals surface area contributed by atoms with Crippen molar-refractivity contribution in [1.82, 2.24) is 4.98 Å². The molecule has 0 spiro atoms. The minimum atomic E-state index is -0.984. The molecule has 1 atom stereocenters. The van der Waals surface area contributed by atoms with E-state index in [9.17, 15) is 19.7 Å². The van der Waals surface area contributed by atoms with Crippen LogP contribution < -0.4 is 14.4 Å². The number of benzene rings is 1. The maximum Gasteiger partial charge on any atom is 0.357 e. The maximum atomic E-state index is 12.6. The summed E-state index contributed by atoms with van der Waals surface area (Å²) in [6, 6.07) is 8.74. The summed E-state index contributed by atoms with van der Waals surface area (Å²) in [5.41, 5.74) is 0.271. The van der Waals surface area contributed by atoms with Gasteiger partial charge in [-0.3, -0.25) is 14.9 Å². The van der Waals surface area contributed by atoms with Crippen LogP contribution in [-0.2, 0) is 9.53 Å². The lowest BCUT2D eigenvalue weighted by molar-refractivity contribution is -0.384. The topological polar surface area (TPSA) is 121 Å². The largest absolute Gasteiger partial charge is 0.484 e. The molecular formula is C18H15N3O7. The highest BCUT2D eigenvalue weighted by Crippen LogP contribution is 2.29. The summed E-state index contributed by atoms with van der Waals surface area (Å²) in [5.74, 6) is -0.545. The van der Waals surface area contributed by atoms with Gasteiger partial charge in [-0.05, 0) is 18.2 Å². The van der Waals surface area contributed by atoms with Gasteiger partial charge in [-0.1, -0.05) is 6.07 Å². The number of hydrogen-bond donors (Lipinski definition) is 0. The third-order valence-corrected chi connectivity index (χ3v) is 4.37. The number of non-ortho nitro benzene ring substituents is 1. The van der Waals surface area contributed by atoms with Gasteiger partial charge < -0.3 is 19.1 Å². The summed E-state index contributed by atoms with van der Waals surface area (Å²) >= 11 is 0. The number of pyridine rings is 1. The van der Waals surface area contributed by atoms with Gasteiger partial charge in [0.05, 0.1) is 10.6 Å². The number of esters is 1. The van der Waals surface area contributed by atoms with Crippen molar-refractivity contribution < 1.29 is 28.7 Å². The molecule has 2 aliphatic rings. The SMILES string of the molecule is O=C(OC1CCN(c2cccc([N+](=O)[O-])c2)C1=O)c1ccc2c(n1)OCCO2. The summed E-state index contributed by atoms with van der Waals surface area (Å²) in [7, 11) is 0. The lowest BCUT2D eigenvalue weighted by Gasteiger charge is -2.18. The van der Waals surface area contributed by atoms with E-state index in [-0.39, 0.29) is 30.2 Å². The van der Waals surface area contributed by atoms with E-state index in [2.05, 4.69) is 4.98 Å². The molecule has 1 aromatic heterocycles. The predicted molar refractivity (Wildman–Crippen MR) is 94.5 cm³/mol. The van der Waals surface area contributed by atoms with Crippen molar-refractivity contribution in [3.63, 3.8) is 0 Å².